The Morgan fingerprint density at radius 2 is 2.00 bits per heavy atom. The van der Waals surface area contributed by atoms with E-state index in [2.05, 4.69) is 46.4 Å². The first-order valence-corrected chi connectivity index (χ1v) is 4.42. The maximum Gasteiger partial charge on any atom is 0.0202 e. The summed E-state index contributed by atoms with van der Waals surface area (Å²) in [6.07, 6.45) is 0. The Bertz CT molecular complexity index is 230. The molecule has 0 saturated heterocycles. The lowest BCUT2D eigenvalue weighted by Gasteiger charge is -2.02. The second kappa shape index (κ2) is 5.57. The van der Waals surface area contributed by atoms with E-state index in [-0.39, 0.29) is 12.4 Å². The summed E-state index contributed by atoms with van der Waals surface area (Å²) in [4.78, 5) is 0. The van der Waals surface area contributed by atoms with Crippen LogP contribution in [0.5, 0.6) is 0 Å². The molecule has 68 valence electrons. The van der Waals surface area contributed by atoms with Crippen LogP contribution in [0.2, 0.25) is 0 Å². The molecule has 1 aromatic carbocycles. The molecule has 0 radical (unpaired) electrons. The fraction of sp³-hybridized carbons (Fsp3) is 0.333. The molecule has 1 N–H and O–H groups in total. The molecule has 1 rings (SSSR count). The monoisotopic (exact) mass is 249 g/mol. The lowest BCUT2D eigenvalue weighted by molar-refractivity contribution is 0.816. The molecule has 0 fully saturated rings. The largest absolute Gasteiger partial charge is 0.316 e. The highest BCUT2D eigenvalue weighted by Gasteiger charge is 1.94. The molecule has 0 aliphatic heterocycles. The summed E-state index contributed by atoms with van der Waals surface area (Å²) < 4.78 is 1.16. The minimum atomic E-state index is 0. The summed E-state index contributed by atoms with van der Waals surface area (Å²) in [5.41, 5.74) is 2.61. The SMILES string of the molecule is CNCc1cc(C)cc(Br)c1.Cl. The van der Waals surface area contributed by atoms with Crippen molar-refractivity contribution < 1.29 is 0 Å². The standard InChI is InChI=1S/C9H12BrN.ClH/c1-7-3-8(6-11-2)5-9(10)4-7;/h3-5,11H,6H2,1-2H3;1H. The second-order valence-electron chi connectivity index (χ2n) is 2.67. The summed E-state index contributed by atoms with van der Waals surface area (Å²) in [7, 11) is 1.95. The molecule has 1 nitrogen and oxygen atoms in total. The molecular weight excluding hydrogens is 237 g/mol. The topological polar surface area (TPSA) is 12.0 Å². The molecule has 0 amide bonds. The Balaban J connectivity index is 0.00000121. The molecule has 0 aliphatic rings. The second-order valence-corrected chi connectivity index (χ2v) is 3.58. The van der Waals surface area contributed by atoms with Crippen molar-refractivity contribution in [3.05, 3.63) is 33.8 Å². The third kappa shape index (κ3) is 3.57. The van der Waals surface area contributed by atoms with Crippen LogP contribution in [0.1, 0.15) is 11.1 Å². The van der Waals surface area contributed by atoms with Crippen molar-refractivity contribution in [2.24, 2.45) is 0 Å². The van der Waals surface area contributed by atoms with Gasteiger partial charge in [-0.2, -0.15) is 0 Å². The van der Waals surface area contributed by atoms with E-state index >= 15 is 0 Å². The summed E-state index contributed by atoms with van der Waals surface area (Å²) in [5.74, 6) is 0. The normalized spacial score (nSPS) is 9.25. The molecule has 0 atom stereocenters. The van der Waals surface area contributed by atoms with Gasteiger partial charge < -0.3 is 5.32 Å². The van der Waals surface area contributed by atoms with Crippen molar-refractivity contribution in [2.75, 3.05) is 7.05 Å². The molecule has 0 aliphatic carbocycles. The summed E-state index contributed by atoms with van der Waals surface area (Å²) in [6.45, 7) is 3.03. The minimum absolute atomic E-state index is 0. The molecule has 0 aromatic heterocycles. The van der Waals surface area contributed by atoms with Crippen molar-refractivity contribution >= 4 is 28.3 Å². The Morgan fingerprint density at radius 1 is 1.33 bits per heavy atom. The number of halogens is 2. The molecular formula is C9H13BrClN. The quantitative estimate of drug-likeness (QED) is 0.851. The number of benzene rings is 1. The zero-order chi connectivity index (χ0) is 8.27. The van der Waals surface area contributed by atoms with Crippen LogP contribution >= 0.6 is 28.3 Å². The summed E-state index contributed by atoms with van der Waals surface area (Å²) in [6, 6.07) is 6.42. The first kappa shape index (κ1) is 11.9. The lowest BCUT2D eigenvalue weighted by Crippen LogP contribution is -2.04. The third-order valence-corrected chi connectivity index (χ3v) is 1.94. The predicted octanol–water partition coefficient (Wildman–Crippen LogP) is 2.90. The highest BCUT2D eigenvalue weighted by atomic mass is 79.9. The summed E-state index contributed by atoms with van der Waals surface area (Å²) in [5, 5.41) is 3.12. The van der Waals surface area contributed by atoms with Gasteiger partial charge in [0.05, 0.1) is 0 Å². The number of rotatable bonds is 2. The number of hydrogen-bond donors (Lipinski definition) is 1. The van der Waals surface area contributed by atoms with Crippen LogP contribution in [-0.2, 0) is 6.54 Å². The molecule has 0 saturated carbocycles. The van der Waals surface area contributed by atoms with Crippen molar-refractivity contribution in [1.29, 1.82) is 0 Å². The predicted molar refractivity (Wildman–Crippen MR) is 58.9 cm³/mol. The van der Waals surface area contributed by atoms with Gasteiger partial charge in [-0.05, 0) is 37.2 Å². The number of nitrogens with one attached hydrogen (secondary N) is 1. The van der Waals surface area contributed by atoms with E-state index in [9.17, 15) is 0 Å². The van der Waals surface area contributed by atoms with Crippen LogP contribution in [0.15, 0.2) is 22.7 Å². The van der Waals surface area contributed by atoms with Crippen LogP contribution < -0.4 is 5.32 Å². The number of aryl methyl sites for hydroxylation is 1. The van der Waals surface area contributed by atoms with Gasteiger partial charge in [0.2, 0.25) is 0 Å². The van der Waals surface area contributed by atoms with E-state index in [0.717, 1.165) is 11.0 Å². The maximum absolute atomic E-state index is 3.46. The Hall–Kier alpha value is -0.0500. The van der Waals surface area contributed by atoms with E-state index in [4.69, 9.17) is 0 Å². The fourth-order valence-corrected chi connectivity index (χ4v) is 1.77. The molecule has 12 heavy (non-hydrogen) atoms. The van der Waals surface area contributed by atoms with E-state index in [1.807, 2.05) is 7.05 Å². The Labute approximate surface area is 88.1 Å². The van der Waals surface area contributed by atoms with E-state index in [0.29, 0.717) is 0 Å². The molecule has 0 spiro atoms. The van der Waals surface area contributed by atoms with Gasteiger partial charge in [-0.25, -0.2) is 0 Å². The van der Waals surface area contributed by atoms with Crippen LogP contribution in [0, 0.1) is 6.92 Å². The molecule has 3 heteroatoms. The third-order valence-electron chi connectivity index (χ3n) is 1.48. The molecule has 0 unspecified atom stereocenters. The average molecular weight is 251 g/mol. The van der Waals surface area contributed by atoms with Gasteiger partial charge in [-0.15, -0.1) is 12.4 Å². The minimum Gasteiger partial charge on any atom is -0.316 e. The van der Waals surface area contributed by atoms with E-state index in [1.165, 1.54) is 11.1 Å². The summed E-state index contributed by atoms with van der Waals surface area (Å²) >= 11 is 3.46. The van der Waals surface area contributed by atoms with Crippen LogP contribution in [0.3, 0.4) is 0 Å². The fourth-order valence-electron chi connectivity index (χ4n) is 1.12. The van der Waals surface area contributed by atoms with Gasteiger partial charge in [-0.1, -0.05) is 22.0 Å². The lowest BCUT2D eigenvalue weighted by atomic mass is 10.1. The number of hydrogen-bond acceptors (Lipinski definition) is 1. The maximum atomic E-state index is 3.46. The van der Waals surface area contributed by atoms with Gasteiger partial charge in [0, 0.05) is 11.0 Å². The van der Waals surface area contributed by atoms with E-state index < -0.39 is 0 Å². The van der Waals surface area contributed by atoms with Gasteiger partial charge in [0.25, 0.3) is 0 Å². The first-order valence-electron chi connectivity index (χ1n) is 3.63. The average Bonchev–Trinajstić information content (AvgIpc) is 1.85. The van der Waals surface area contributed by atoms with E-state index in [1.54, 1.807) is 0 Å². The van der Waals surface area contributed by atoms with Gasteiger partial charge in [-0.3, -0.25) is 0 Å². The van der Waals surface area contributed by atoms with Crippen molar-refractivity contribution in [3.8, 4) is 0 Å². The van der Waals surface area contributed by atoms with Crippen LogP contribution in [0.25, 0.3) is 0 Å². The van der Waals surface area contributed by atoms with Crippen LogP contribution in [-0.4, -0.2) is 7.05 Å². The molecule has 0 heterocycles. The van der Waals surface area contributed by atoms with Crippen molar-refractivity contribution in [2.45, 2.75) is 13.5 Å². The zero-order valence-corrected chi connectivity index (χ0v) is 9.63. The zero-order valence-electron chi connectivity index (χ0n) is 7.23. The van der Waals surface area contributed by atoms with Gasteiger partial charge in [0.15, 0.2) is 0 Å². The van der Waals surface area contributed by atoms with Crippen molar-refractivity contribution in [1.82, 2.24) is 5.32 Å². The smallest absolute Gasteiger partial charge is 0.0202 e. The highest BCUT2D eigenvalue weighted by Crippen LogP contribution is 2.14. The van der Waals surface area contributed by atoms with Gasteiger partial charge in [0.1, 0.15) is 0 Å². The Kier molecular flexibility index (Phi) is 5.55. The van der Waals surface area contributed by atoms with Gasteiger partial charge >= 0.3 is 0 Å². The first-order chi connectivity index (χ1) is 5.22. The molecule has 0 bridgehead atoms. The molecule has 1 aromatic rings. The van der Waals surface area contributed by atoms with Crippen molar-refractivity contribution in [3.63, 3.8) is 0 Å². The Morgan fingerprint density at radius 3 is 2.50 bits per heavy atom. The highest BCUT2D eigenvalue weighted by molar-refractivity contribution is 9.10. The van der Waals surface area contributed by atoms with Crippen LogP contribution in [0.4, 0.5) is 0 Å².